The summed E-state index contributed by atoms with van der Waals surface area (Å²) in [5.74, 6) is 0.282. The standard InChI is InChI=1S/C28H38N6O3/c1-2-32-19-22(24-7-3-4-8-25(24)32)9-10-26(35)33-16-12-28(13-17-33)11-5-6-15-34-20-23(30-31-34)21-37-18-14-29-27(28)36/h3-4,7-8,19-20H,2,5-6,9-18,21H2,1H3,(H,29,36). The molecular weight excluding hydrogens is 468 g/mol. The maximum atomic E-state index is 13.3. The second-order valence-electron chi connectivity index (χ2n) is 10.4. The molecule has 0 saturated carbocycles. The Bertz CT molecular complexity index is 1220. The number of aryl methyl sites for hydroxylation is 3. The van der Waals surface area contributed by atoms with E-state index in [1.54, 1.807) is 0 Å². The molecule has 1 aromatic carbocycles. The Labute approximate surface area is 218 Å². The Morgan fingerprint density at radius 3 is 2.78 bits per heavy atom. The van der Waals surface area contributed by atoms with Crippen molar-refractivity contribution in [3.05, 3.63) is 47.9 Å². The van der Waals surface area contributed by atoms with E-state index in [0.29, 0.717) is 52.1 Å². The highest BCUT2D eigenvalue weighted by molar-refractivity contribution is 5.85. The molecule has 9 nitrogen and oxygen atoms in total. The summed E-state index contributed by atoms with van der Waals surface area (Å²) >= 11 is 0. The maximum absolute atomic E-state index is 13.3. The molecule has 1 fully saturated rings. The van der Waals surface area contributed by atoms with Gasteiger partial charge in [-0.3, -0.25) is 14.3 Å². The number of nitrogens with one attached hydrogen (secondary N) is 1. The zero-order valence-corrected chi connectivity index (χ0v) is 21.8. The Hall–Kier alpha value is -3.20. The molecule has 0 aliphatic carbocycles. The number of carbonyl (C=O) groups is 2. The van der Waals surface area contributed by atoms with Gasteiger partial charge in [0.1, 0.15) is 5.69 Å². The highest BCUT2D eigenvalue weighted by atomic mass is 16.5. The highest BCUT2D eigenvalue weighted by Gasteiger charge is 2.41. The van der Waals surface area contributed by atoms with Crippen LogP contribution in [-0.2, 0) is 40.4 Å². The van der Waals surface area contributed by atoms with E-state index in [4.69, 9.17) is 4.74 Å². The molecule has 0 atom stereocenters. The Morgan fingerprint density at radius 2 is 1.95 bits per heavy atom. The molecule has 0 unspecified atom stereocenters. The molecule has 1 spiro atoms. The van der Waals surface area contributed by atoms with Crippen LogP contribution < -0.4 is 5.32 Å². The van der Waals surface area contributed by atoms with Crippen molar-refractivity contribution in [3.63, 3.8) is 0 Å². The van der Waals surface area contributed by atoms with Crippen LogP contribution in [0, 0.1) is 5.41 Å². The molecule has 198 valence electrons. The molecule has 9 heteroatoms. The number of rotatable bonds is 4. The first-order valence-electron chi connectivity index (χ1n) is 13.7. The second kappa shape index (κ2) is 11.5. The molecule has 2 amide bonds. The number of fused-ring (bicyclic) bond motifs is 3. The molecule has 3 aromatic rings. The molecule has 2 bridgehead atoms. The van der Waals surface area contributed by atoms with Crippen molar-refractivity contribution in [2.24, 2.45) is 5.41 Å². The molecule has 2 aliphatic heterocycles. The van der Waals surface area contributed by atoms with Gasteiger partial charge in [0.25, 0.3) is 0 Å². The second-order valence-corrected chi connectivity index (χ2v) is 10.4. The van der Waals surface area contributed by atoms with Crippen molar-refractivity contribution in [2.45, 2.75) is 71.6 Å². The van der Waals surface area contributed by atoms with Crippen molar-refractivity contribution in [1.29, 1.82) is 0 Å². The Kier molecular flexibility index (Phi) is 7.88. The molecule has 1 N–H and O–H groups in total. The van der Waals surface area contributed by atoms with Gasteiger partial charge in [-0.25, -0.2) is 0 Å². The molecule has 5 rings (SSSR count). The van der Waals surface area contributed by atoms with E-state index in [-0.39, 0.29) is 11.8 Å². The number of piperidine rings is 1. The predicted molar refractivity (Wildman–Crippen MR) is 141 cm³/mol. The summed E-state index contributed by atoms with van der Waals surface area (Å²) in [7, 11) is 0. The van der Waals surface area contributed by atoms with Crippen LogP contribution in [0.5, 0.6) is 0 Å². The molecule has 4 heterocycles. The van der Waals surface area contributed by atoms with E-state index in [2.05, 4.69) is 57.6 Å². The fraction of sp³-hybridized carbons (Fsp3) is 0.571. The van der Waals surface area contributed by atoms with Crippen LogP contribution >= 0.6 is 0 Å². The lowest BCUT2D eigenvalue weighted by molar-refractivity contribution is -0.141. The quantitative estimate of drug-likeness (QED) is 0.586. The van der Waals surface area contributed by atoms with E-state index in [9.17, 15) is 9.59 Å². The largest absolute Gasteiger partial charge is 0.373 e. The van der Waals surface area contributed by atoms with E-state index in [1.807, 2.05) is 15.8 Å². The van der Waals surface area contributed by atoms with Gasteiger partial charge in [-0.2, -0.15) is 0 Å². The van der Waals surface area contributed by atoms with Gasteiger partial charge in [0.05, 0.1) is 24.8 Å². The molecule has 0 radical (unpaired) electrons. The first-order chi connectivity index (χ1) is 18.1. The zero-order valence-electron chi connectivity index (χ0n) is 21.8. The van der Waals surface area contributed by atoms with Crippen LogP contribution in [0.15, 0.2) is 36.7 Å². The number of amides is 2. The number of para-hydroxylation sites is 1. The minimum absolute atomic E-state index is 0.101. The Morgan fingerprint density at radius 1 is 1.11 bits per heavy atom. The summed E-state index contributed by atoms with van der Waals surface area (Å²) in [5.41, 5.74) is 2.84. The maximum Gasteiger partial charge on any atom is 0.226 e. The number of nitrogens with zero attached hydrogens (tertiary/aromatic N) is 5. The fourth-order valence-corrected chi connectivity index (χ4v) is 5.81. The monoisotopic (exact) mass is 506 g/mol. The summed E-state index contributed by atoms with van der Waals surface area (Å²) in [5, 5.41) is 12.7. The van der Waals surface area contributed by atoms with E-state index in [1.165, 1.54) is 16.5 Å². The summed E-state index contributed by atoms with van der Waals surface area (Å²) in [6.07, 6.45) is 9.45. The van der Waals surface area contributed by atoms with Crippen molar-refractivity contribution < 1.29 is 14.3 Å². The van der Waals surface area contributed by atoms with Gasteiger partial charge in [0, 0.05) is 56.2 Å². The number of likely N-dealkylation sites (tertiary alicyclic amines) is 1. The van der Waals surface area contributed by atoms with Gasteiger partial charge >= 0.3 is 0 Å². The smallest absolute Gasteiger partial charge is 0.226 e. The number of hydrogen-bond acceptors (Lipinski definition) is 5. The lowest BCUT2D eigenvalue weighted by Crippen LogP contribution is -2.50. The lowest BCUT2D eigenvalue weighted by Gasteiger charge is -2.41. The van der Waals surface area contributed by atoms with Crippen molar-refractivity contribution >= 4 is 22.7 Å². The van der Waals surface area contributed by atoms with Crippen molar-refractivity contribution in [2.75, 3.05) is 26.2 Å². The average molecular weight is 507 g/mol. The lowest BCUT2D eigenvalue weighted by atomic mass is 9.73. The molecule has 1 saturated heterocycles. The van der Waals surface area contributed by atoms with E-state index < -0.39 is 5.41 Å². The molecular formula is C28H38N6O3. The Balaban J connectivity index is 1.18. The first-order valence-corrected chi connectivity index (χ1v) is 13.7. The van der Waals surface area contributed by atoms with Gasteiger partial charge in [-0.1, -0.05) is 29.8 Å². The van der Waals surface area contributed by atoms with Crippen molar-refractivity contribution in [1.82, 2.24) is 29.8 Å². The zero-order chi connectivity index (χ0) is 25.7. The summed E-state index contributed by atoms with van der Waals surface area (Å²) in [4.78, 5) is 28.4. The van der Waals surface area contributed by atoms with Crippen LogP contribution in [0.25, 0.3) is 10.9 Å². The SMILES string of the molecule is CCn1cc(CCC(=O)N2CCC3(CCCCn4cc(nn4)COCCNC3=O)CC2)c2ccccc21. The third-order valence-electron chi connectivity index (χ3n) is 8.04. The number of carbonyl (C=O) groups excluding carboxylic acids is 2. The van der Waals surface area contributed by atoms with E-state index in [0.717, 1.165) is 44.5 Å². The topological polar surface area (TPSA) is 94.3 Å². The van der Waals surface area contributed by atoms with Gasteiger partial charge in [-0.15, -0.1) is 5.10 Å². The summed E-state index contributed by atoms with van der Waals surface area (Å²) < 4.78 is 9.77. The van der Waals surface area contributed by atoms with Crippen LogP contribution in [0.1, 0.15) is 56.7 Å². The number of aromatic nitrogens is 4. The van der Waals surface area contributed by atoms with Gasteiger partial charge in [0.2, 0.25) is 11.8 Å². The summed E-state index contributed by atoms with van der Waals surface area (Å²) in [6, 6.07) is 8.40. The van der Waals surface area contributed by atoms with Crippen LogP contribution in [-0.4, -0.2) is 62.5 Å². The third kappa shape index (κ3) is 5.71. The van der Waals surface area contributed by atoms with Gasteiger partial charge < -0.3 is 19.5 Å². The average Bonchev–Trinajstić information content (AvgIpc) is 3.53. The first kappa shape index (κ1) is 25.4. The van der Waals surface area contributed by atoms with Gasteiger partial charge in [-0.05, 0) is 50.7 Å². The minimum Gasteiger partial charge on any atom is -0.373 e. The number of benzene rings is 1. The summed E-state index contributed by atoms with van der Waals surface area (Å²) in [6.45, 7) is 6.41. The molecule has 2 aromatic heterocycles. The van der Waals surface area contributed by atoms with Crippen LogP contribution in [0.4, 0.5) is 0 Å². The number of hydrogen-bond donors (Lipinski definition) is 1. The van der Waals surface area contributed by atoms with Crippen LogP contribution in [0.2, 0.25) is 0 Å². The van der Waals surface area contributed by atoms with E-state index >= 15 is 0 Å². The fourth-order valence-electron chi connectivity index (χ4n) is 5.81. The predicted octanol–water partition coefficient (Wildman–Crippen LogP) is 3.31. The van der Waals surface area contributed by atoms with Crippen LogP contribution in [0.3, 0.4) is 0 Å². The third-order valence-corrected chi connectivity index (χ3v) is 8.04. The highest BCUT2D eigenvalue weighted by Crippen LogP contribution is 2.37. The van der Waals surface area contributed by atoms with Crippen molar-refractivity contribution in [3.8, 4) is 0 Å². The van der Waals surface area contributed by atoms with Gasteiger partial charge in [0.15, 0.2) is 0 Å². The normalized spacial score (nSPS) is 19.1. The number of ether oxygens (including phenoxy) is 1. The minimum atomic E-state index is -0.428. The molecule has 37 heavy (non-hydrogen) atoms. The molecule has 2 aliphatic rings.